The van der Waals surface area contributed by atoms with Gasteiger partial charge in [0.15, 0.2) is 5.78 Å². The van der Waals surface area contributed by atoms with E-state index < -0.39 is 0 Å². The van der Waals surface area contributed by atoms with E-state index >= 15 is 0 Å². The summed E-state index contributed by atoms with van der Waals surface area (Å²) in [6.07, 6.45) is 0. The van der Waals surface area contributed by atoms with Crippen molar-refractivity contribution in [3.05, 3.63) is 40.6 Å². The molecule has 0 radical (unpaired) electrons. The lowest BCUT2D eigenvalue weighted by molar-refractivity contribution is 0.101. The van der Waals surface area contributed by atoms with Crippen molar-refractivity contribution in [2.45, 2.75) is 13.8 Å². The van der Waals surface area contributed by atoms with Crippen molar-refractivity contribution in [2.24, 2.45) is 0 Å². The minimum Gasteiger partial charge on any atom is -0.345 e. The summed E-state index contributed by atoms with van der Waals surface area (Å²) in [5.41, 5.74) is 2.50. The summed E-state index contributed by atoms with van der Waals surface area (Å²) < 4.78 is 4.15. The van der Waals surface area contributed by atoms with Crippen LogP contribution in [0.25, 0.3) is 0 Å². The number of nitrogens with one attached hydrogen (secondary N) is 1. The van der Waals surface area contributed by atoms with Crippen molar-refractivity contribution < 1.29 is 4.79 Å². The number of nitrogens with zero attached hydrogens (tertiary/aromatic N) is 3. The average Bonchev–Trinajstić information content (AvgIpc) is 2.79. The molecule has 6 heteroatoms. The Bertz CT molecular complexity index is 764. The predicted molar refractivity (Wildman–Crippen MR) is 76.0 cm³/mol. The molecule has 0 spiro atoms. The van der Waals surface area contributed by atoms with Crippen LogP contribution in [0.15, 0.2) is 18.2 Å². The van der Waals surface area contributed by atoms with Crippen LogP contribution >= 0.6 is 11.5 Å². The Morgan fingerprint density at radius 1 is 1.30 bits per heavy atom. The second kappa shape index (κ2) is 5.52. The maximum atomic E-state index is 11.6. The van der Waals surface area contributed by atoms with Crippen LogP contribution in [-0.2, 0) is 0 Å². The van der Waals surface area contributed by atoms with E-state index in [-0.39, 0.29) is 5.78 Å². The lowest BCUT2D eigenvalue weighted by Crippen LogP contribution is -1.99. The van der Waals surface area contributed by atoms with Gasteiger partial charge in [0.2, 0.25) is 0 Å². The first-order valence-corrected chi connectivity index (χ1v) is 6.52. The van der Waals surface area contributed by atoms with Gasteiger partial charge in [-0.2, -0.15) is 14.9 Å². The summed E-state index contributed by atoms with van der Waals surface area (Å²) in [6, 6.07) is 8.78. The van der Waals surface area contributed by atoms with Gasteiger partial charge in [-0.3, -0.25) is 4.79 Å². The molecule has 0 aliphatic carbocycles. The summed E-state index contributed by atoms with van der Waals surface area (Å²) in [4.78, 5) is 11.6. The van der Waals surface area contributed by atoms with Gasteiger partial charge in [0, 0.05) is 5.69 Å². The van der Waals surface area contributed by atoms with E-state index in [1.807, 2.05) is 12.1 Å². The molecule has 1 aromatic carbocycles. The molecule has 0 aliphatic heterocycles. The molecule has 0 unspecified atom stereocenters. The molecule has 2 aromatic rings. The number of Topliss-reactive ketones (excluding diaryl/α,β-unsaturated/α-hetero) is 1. The third kappa shape index (κ3) is 2.51. The number of hydrogen-bond acceptors (Lipinski definition) is 6. The topological polar surface area (TPSA) is 89.6 Å². The first-order valence-electron chi connectivity index (χ1n) is 5.75. The summed E-state index contributed by atoms with van der Waals surface area (Å²) >= 11 is 1.19. The smallest absolute Gasteiger partial charge is 0.164 e. The van der Waals surface area contributed by atoms with Crippen LogP contribution in [0.2, 0.25) is 0 Å². The Balaban J connectivity index is 2.39. The molecule has 20 heavy (non-hydrogen) atoms. The fourth-order valence-electron chi connectivity index (χ4n) is 1.81. The summed E-state index contributed by atoms with van der Waals surface area (Å²) in [7, 11) is 0. The van der Waals surface area contributed by atoms with Gasteiger partial charge in [0.1, 0.15) is 17.1 Å². The molecule has 0 saturated heterocycles. The number of nitriles is 2. The molecule has 1 heterocycles. The Morgan fingerprint density at radius 3 is 2.60 bits per heavy atom. The normalized spacial score (nSPS) is 9.60. The largest absolute Gasteiger partial charge is 0.345 e. The molecule has 0 aliphatic rings. The Kier molecular flexibility index (Phi) is 3.79. The number of ketones is 1. The van der Waals surface area contributed by atoms with Crippen LogP contribution < -0.4 is 5.32 Å². The second-order valence-electron chi connectivity index (χ2n) is 4.14. The van der Waals surface area contributed by atoms with Crippen LogP contribution in [0.1, 0.15) is 34.1 Å². The van der Waals surface area contributed by atoms with Crippen LogP contribution in [0, 0.1) is 29.6 Å². The standard InChI is InChI=1S/C14H10N4OS/c1-8-13(9(2)19)14(20-18-8)17-12-4-3-10(6-15)11(5-12)7-16/h3-5,17H,1-2H3. The molecule has 2 rings (SSSR count). The number of carbonyl (C=O) groups excluding carboxylic acids is 1. The minimum absolute atomic E-state index is 0.0621. The van der Waals surface area contributed by atoms with Crippen LogP contribution in [0.5, 0.6) is 0 Å². The Labute approximate surface area is 120 Å². The second-order valence-corrected chi connectivity index (χ2v) is 4.91. The fraction of sp³-hybridized carbons (Fsp3) is 0.143. The molecule has 98 valence electrons. The van der Waals surface area contributed by atoms with Gasteiger partial charge in [0.25, 0.3) is 0 Å². The van der Waals surface area contributed by atoms with Gasteiger partial charge in [-0.25, -0.2) is 0 Å². The van der Waals surface area contributed by atoms with Gasteiger partial charge in [0.05, 0.1) is 22.4 Å². The minimum atomic E-state index is -0.0621. The molecular weight excluding hydrogens is 272 g/mol. The lowest BCUT2D eigenvalue weighted by Gasteiger charge is -2.06. The van der Waals surface area contributed by atoms with Crippen molar-refractivity contribution >= 4 is 28.0 Å². The third-order valence-electron chi connectivity index (χ3n) is 2.73. The Morgan fingerprint density at radius 2 is 2.00 bits per heavy atom. The molecule has 0 atom stereocenters. The summed E-state index contributed by atoms with van der Waals surface area (Å²) in [5, 5.41) is 21.6. The highest BCUT2D eigenvalue weighted by Crippen LogP contribution is 2.29. The number of aromatic nitrogens is 1. The Hall–Kier alpha value is -2.70. The van der Waals surface area contributed by atoms with Crippen molar-refractivity contribution in [3.63, 3.8) is 0 Å². The zero-order valence-electron chi connectivity index (χ0n) is 10.9. The summed E-state index contributed by atoms with van der Waals surface area (Å²) in [6.45, 7) is 3.26. The maximum Gasteiger partial charge on any atom is 0.164 e. The van der Waals surface area contributed by atoms with E-state index in [2.05, 4.69) is 9.69 Å². The first kappa shape index (κ1) is 13.7. The number of aryl methyl sites for hydroxylation is 1. The highest BCUT2D eigenvalue weighted by molar-refractivity contribution is 7.10. The maximum absolute atomic E-state index is 11.6. The first-order chi connectivity index (χ1) is 9.56. The van der Waals surface area contributed by atoms with E-state index in [0.29, 0.717) is 33.1 Å². The number of benzene rings is 1. The van der Waals surface area contributed by atoms with E-state index in [1.165, 1.54) is 18.5 Å². The molecular formula is C14H10N4OS. The molecule has 1 aromatic heterocycles. The van der Waals surface area contributed by atoms with Gasteiger partial charge in [-0.15, -0.1) is 0 Å². The third-order valence-corrected chi connectivity index (χ3v) is 3.59. The highest BCUT2D eigenvalue weighted by Gasteiger charge is 2.15. The molecule has 0 bridgehead atoms. The van der Waals surface area contributed by atoms with Crippen LogP contribution in [-0.4, -0.2) is 10.2 Å². The monoisotopic (exact) mass is 282 g/mol. The number of rotatable bonds is 3. The zero-order valence-corrected chi connectivity index (χ0v) is 11.7. The van der Waals surface area contributed by atoms with E-state index in [4.69, 9.17) is 10.5 Å². The van der Waals surface area contributed by atoms with Crippen molar-refractivity contribution in [1.29, 1.82) is 10.5 Å². The van der Waals surface area contributed by atoms with E-state index in [9.17, 15) is 4.79 Å². The van der Waals surface area contributed by atoms with Crippen molar-refractivity contribution in [2.75, 3.05) is 5.32 Å². The van der Waals surface area contributed by atoms with Crippen molar-refractivity contribution in [1.82, 2.24) is 4.37 Å². The van der Waals surface area contributed by atoms with Gasteiger partial charge in [-0.05, 0) is 43.6 Å². The molecule has 0 fully saturated rings. The van der Waals surface area contributed by atoms with Gasteiger partial charge >= 0.3 is 0 Å². The van der Waals surface area contributed by atoms with E-state index in [0.717, 1.165) is 0 Å². The quantitative estimate of drug-likeness (QED) is 0.873. The van der Waals surface area contributed by atoms with Gasteiger partial charge < -0.3 is 5.32 Å². The number of hydrogen-bond donors (Lipinski definition) is 1. The van der Waals surface area contributed by atoms with Crippen molar-refractivity contribution in [3.8, 4) is 12.1 Å². The van der Waals surface area contributed by atoms with E-state index in [1.54, 1.807) is 25.1 Å². The van der Waals surface area contributed by atoms with Crippen LogP contribution in [0.3, 0.4) is 0 Å². The number of anilines is 2. The molecule has 0 saturated carbocycles. The molecule has 1 N–H and O–H groups in total. The van der Waals surface area contributed by atoms with Gasteiger partial charge in [-0.1, -0.05) is 0 Å². The molecule has 5 nitrogen and oxygen atoms in total. The fourth-order valence-corrected chi connectivity index (χ4v) is 2.68. The molecule has 0 amide bonds. The lowest BCUT2D eigenvalue weighted by atomic mass is 10.1. The average molecular weight is 282 g/mol. The SMILES string of the molecule is CC(=O)c1c(C)nsc1Nc1ccc(C#N)c(C#N)c1. The zero-order chi connectivity index (χ0) is 14.7. The van der Waals surface area contributed by atoms with Crippen LogP contribution in [0.4, 0.5) is 10.7 Å². The predicted octanol–water partition coefficient (Wildman–Crippen LogP) is 3.14. The highest BCUT2D eigenvalue weighted by atomic mass is 32.1. The number of carbonyl (C=O) groups is 1. The summed E-state index contributed by atoms with van der Waals surface area (Å²) in [5.74, 6) is -0.0621.